The first-order valence-corrected chi connectivity index (χ1v) is 7.74. The zero-order valence-corrected chi connectivity index (χ0v) is 13.4. The second kappa shape index (κ2) is 5.33. The van der Waals surface area contributed by atoms with E-state index in [0.717, 1.165) is 11.0 Å². The quantitative estimate of drug-likeness (QED) is 0.919. The first-order chi connectivity index (χ1) is 8.48. The van der Waals surface area contributed by atoms with Crippen molar-refractivity contribution in [2.24, 2.45) is 0 Å². The van der Waals surface area contributed by atoms with Crippen LogP contribution in [0.25, 0.3) is 0 Å². The molecule has 2 unspecified atom stereocenters. The molecular formula is C14H24BrN3. The predicted octanol–water partition coefficient (Wildman–Crippen LogP) is 3.65. The van der Waals surface area contributed by atoms with Crippen molar-refractivity contribution in [2.45, 2.75) is 64.5 Å². The number of halogens is 1. The Labute approximate surface area is 118 Å². The van der Waals surface area contributed by atoms with E-state index in [1.165, 1.54) is 25.0 Å². The molecule has 1 aromatic rings. The maximum atomic E-state index is 4.53. The van der Waals surface area contributed by atoms with Crippen LogP contribution in [0.1, 0.15) is 58.7 Å². The Morgan fingerprint density at radius 3 is 2.94 bits per heavy atom. The Morgan fingerprint density at radius 2 is 2.33 bits per heavy atom. The van der Waals surface area contributed by atoms with Crippen LogP contribution < -0.4 is 5.32 Å². The van der Waals surface area contributed by atoms with Crippen LogP contribution in [-0.4, -0.2) is 22.4 Å². The van der Waals surface area contributed by atoms with E-state index in [1.807, 2.05) is 6.20 Å². The van der Waals surface area contributed by atoms with Crippen molar-refractivity contribution in [3.63, 3.8) is 0 Å². The van der Waals surface area contributed by atoms with Crippen LogP contribution in [0.4, 0.5) is 0 Å². The van der Waals surface area contributed by atoms with Gasteiger partial charge in [-0.2, -0.15) is 5.10 Å². The fourth-order valence-electron chi connectivity index (χ4n) is 3.22. The summed E-state index contributed by atoms with van der Waals surface area (Å²) in [5.74, 6) is 0. The van der Waals surface area contributed by atoms with Gasteiger partial charge in [0.05, 0.1) is 16.4 Å². The first kappa shape index (κ1) is 14.1. The van der Waals surface area contributed by atoms with Crippen molar-refractivity contribution in [1.29, 1.82) is 0 Å². The molecule has 4 heteroatoms. The minimum absolute atomic E-state index is 0.242. The van der Waals surface area contributed by atoms with E-state index in [0.29, 0.717) is 12.1 Å². The Bertz CT molecular complexity index is 413. The highest BCUT2D eigenvalue weighted by molar-refractivity contribution is 9.10. The normalized spacial score (nSPS) is 28.2. The Balaban J connectivity index is 2.28. The smallest absolute Gasteiger partial charge is 0.0635 e. The molecule has 0 aliphatic heterocycles. The van der Waals surface area contributed by atoms with E-state index >= 15 is 0 Å². The lowest BCUT2D eigenvalue weighted by atomic mass is 9.84. The summed E-state index contributed by atoms with van der Waals surface area (Å²) in [6.07, 6.45) is 5.65. The molecule has 1 heterocycles. The molecule has 0 radical (unpaired) electrons. The molecule has 2 rings (SSSR count). The van der Waals surface area contributed by atoms with Gasteiger partial charge < -0.3 is 5.32 Å². The van der Waals surface area contributed by atoms with Gasteiger partial charge in [0, 0.05) is 17.5 Å². The number of hydrogen-bond donors (Lipinski definition) is 1. The summed E-state index contributed by atoms with van der Waals surface area (Å²) in [5, 5.41) is 8.11. The van der Waals surface area contributed by atoms with Gasteiger partial charge in [-0.15, -0.1) is 0 Å². The predicted molar refractivity (Wildman–Crippen MR) is 79.0 cm³/mol. The van der Waals surface area contributed by atoms with Crippen LogP contribution in [0.5, 0.6) is 0 Å². The number of aromatic nitrogens is 2. The van der Waals surface area contributed by atoms with Crippen molar-refractivity contribution in [1.82, 2.24) is 15.1 Å². The molecule has 0 spiro atoms. The van der Waals surface area contributed by atoms with Gasteiger partial charge in [-0.3, -0.25) is 4.68 Å². The van der Waals surface area contributed by atoms with Crippen LogP contribution >= 0.6 is 15.9 Å². The second-order valence-electron chi connectivity index (χ2n) is 5.94. The fraction of sp³-hybridized carbons (Fsp3) is 0.786. The summed E-state index contributed by atoms with van der Waals surface area (Å²) in [6.45, 7) is 10.0. The lowest BCUT2D eigenvalue weighted by Crippen LogP contribution is -2.30. The molecule has 1 aromatic heterocycles. The van der Waals surface area contributed by atoms with E-state index in [4.69, 9.17) is 0 Å². The molecule has 0 saturated heterocycles. The molecule has 1 aliphatic carbocycles. The van der Waals surface area contributed by atoms with E-state index in [2.05, 4.69) is 58.7 Å². The van der Waals surface area contributed by atoms with E-state index in [1.54, 1.807) is 0 Å². The van der Waals surface area contributed by atoms with Gasteiger partial charge in [-0.1, -0.05) is 13.8 Å². The highest BCUT2D eigenvalue weighted by atomic mass is 79.9. The Hall–Kier alpha value is -0.350. The van der Waals surface area contributed by atoms with Crippen LogP contribution in [-0.2, 0) is 5.41 Å². The summed E-state index contributed by atoms with van der Waals surface area (Å²) in [7, 11) is 0. The summed E-state index contributed by atoms with van der Waals surface area (Å²) < 4.78 is 3.34. The third-order valence-corrected chi connectivity index (χ3v) is 4.63. The van der Waals surface area contributed by atoms with Crippen molar-refractivity contribution in [3.8, 4) is 0 Å². The van der Waals surface area contributed by atoms with Crippen LogP contribution in [0.2, 0.25) is 0 Å². The Morgan fingerprint density at radius 1 is 1.61 bits per heavy atom. The van der Waals surface area contributed by atoms with Gasteiger partial charge in [-0.05, 0) is 55.6 Å². The zero-order valence-electron chi connectivity index (χ0n) is 11.8. The van der Waals surface area contributed by atoms with Crippen LogP contribution in [0.15, 0.2) is 10.7 Å². The molecule has 1 saturated carbocycles. The van der Waals surface area contributed by atoms with Crippen molar-refractivity contribution >= 4 is 15.9 Å². The third-order valence-electron chi connectivity index (χ3n) is 4.05. The molecule has 2 atom stereocenters. The number of hydrogen-bond acceptors (Lipinski definition) is 2. The average Bonchev–Trinajstić information content (AvgIpc) is 2.84. The molecule has 1 N–H and O–H groups in total. The lowest BCUT2D eigenvalue weighted by molar-refractivity contribution is 0.392. The molecule has 18 heavy (non-hydrogen) atoms. The molecule has 1 fully saturated rings. The van der Waals surface area contributed by atoms with Crippen molar-refractivity contribution in [3.05, 3.63) is 16.4 Å². The SMILES string of the molecule is CCNC1CCC(C)(c2c(Br)cnn2C(C)C)C1. The topological polar surface area (TPSA) is 29.9 Å². The maximum absolute atomic E-state index is 4.53. The molecule has 0 bridgehead atoms. The summed E-state index contributed by atoms with van der Waals surface area (Å²) in [6, 6.07) is 1.07. The Kier molecular flexibility index (Phi) is 4.17. The summed E-state index contributed by atoms with van der Waals surface area (Å²) in [4.78, 5) is 0. The minimum atomic E-state index is 0.242. The van der Waals surface area contributed by atoms with Crippen LogP contribution in [0.3, 0.4) is 0 Å². The zero-order chi connectivity index (χ0) is 13.3. The van der Waals surface area contributed by atoms with Gasteiger partial charge in [0.25, 0.3) is 0 Å². The first-order valence-electron chi connectivity index (χ1n) is 6.95. The third kappa shape index (κ3) is 2.50. The summed E-state index contributed by atoms with van der Waals surface area (Å²) >= 11 is 3.69. The highest BCUT2D eigenvalue weighted by Gasteiger charge is 2.40. The largest absolute Gasteiger partial charge is 0.314 e. The average molecular weight is 314 g/mol. The van der Waals surface area contributed by atoms with Crippen LogP contribution in [0, 0.1) is 0 Å². The number of nitrogens with one attached hydrogen (secondary N) is 1. The lowest BCUT2D eigenvalue weighted by Gasteiger charge is -2.27. The van der Waals surface area contributed by atoms with Gasteiger partial charge >= 0.3 is 0 Å². The van der Waals surface area contributed by atoms with Crippen molar-refractivity contribution in [2.75, 3.05) is 6.54 Å². The van der Waals surface area contributed by atoms with Crippen molar-refractivity contribution < 1.29 is 0 Å². The number of rotatable bonds is 4. The van der Waals surface area contributed by atoms with E-state index < -0.39 is 0 Å². The monoisotopic (exact) mass is 313 g/mol. The molecule has 0 amide bonds. The standard InChI is InChI=1S/C14H24BrN3/c1-5-16-11-6-7-14(4,8-11)13-12(15)9-17-18(13)10(2)3/h9-11,16H,5-8H2,1-4H3. The minimum Gasteiger partial charge on any atom is -0.314 e. The van der Waals surface area contributed by atoms with Gasteiger partial charge in [0.1, 0.15) is 0 Å². The van der Waals surface area contributed by atoms with E-state index in [-0.39, 0.29) is 5.41 Å². The summed E-state index contributed by atoms with van der Waals surface area (Å²) in [5.41, 5.74) is 1.62. The fourth-order valence-corrected chi connectivity index (χ4v) is 3.97. The van der Waals surface area contributed by atoms with Gasteiger partial charge in [-0.25, -0.2) is 0 Å². The molecule has 1 aliphatic rings. The molecule has 102 valence electrons. The molecule has 3 nitrogen and oxygen atoms in total. The van der Waals surface area contributed by atoms with Gasteiger partial charge in [0.2, 0.25) is 0 Å². The van der Waals surface area contributed by atoms with E-state index in [9.17, 15) is 0 Å². The molecule has 0 aromatic carbocycles. The number of nitrogens with zero attached hydrogens (tertiary/aromatic N) is 2. The van der Waals surface area contributed by atoms with Gasteiger partial charge in [0.15, 0.2) is 0 Å². The maximum Gasteiger partial charge on any atom is 0.0635 e. The highest BCUT2D eigenvalue weighted by Crippen LogP contribution is 2.44. The second-order valence-corrected chi connectivity index (χ2v) is 6.79. The molecular weight excluding hydrogens is 290 g/mol.